The zero-order chi connectivity index (χ0) is 19.6. The zero-order valence-electron chi connectivity index (χ0n) is 14.5. The average molecular weight is 406 g/mol. The average Bonchev–Trinajstić information content (AvgIpc) is 3.10. The van der Waals surface area contributed by atoms with Gasteiger partial charge in [0.2, 0.25) is 5.89 Å². The molecule has 0 spiro atoms. The fourth-order valence-electron chi connectivity index (χ4n) is 2.27. The first-order chi connectivity index (χ1) is 12.8. The van der Waals surface area contributed by atoms with Crippen molar-refractivity contribution in [2.45, 2.75) is 24.0 Å². The van der Waals surface area contributed by atoms with E-state index in [-0.39, 0.29) is 22.4 Å². The third-order valence-corrected chi connectivity index (χ3v) is 6.15. The van der Waals surface area contributed by atoms with Crippen molar-refractivity contribution in [1.29, 1.82) is 0 Å². The minimum Gasteiger partial charge on any atom is -0.403 e. The fourth-order valence-corrected chi connectivity index (χ4v) is 3.56. The van der Waals surface area contributed by atoms with Crippen LogP contribution in [0.25, 0.3) is 11.5 Å². The summed E-state index contributed by atoms with van der Waals surface area (Å²) in [6.45, 7) is 3.16. The summed E-state index contributed by atoms with van der Waals surface area (Å²) < 4.78 is 30.0. The molecule has 0 bridgehead atoms. The van der Waals surface area contributed by atoms with Gasteiger partial charge in [-0.25, -0.2) is 8.42 Å². The Kier molecular flexibility index (Phi) is 5.29. The van der Waals surface area contributed by atoms with Gasteiger partial charge in [0, 0.05) is 16.1 Å². The van der Waals surface area contributed by atoms with Gasteiger partial charge in [-0.3, -0.25) is 10.1 Å². The number of sulfone groups is 1. The number of hydrogen-bond donors (Lipinski definition) is 1. The lowest BCUT2D eigenvalue weighted by Crippen LogP contribution is -2.16. The van der Waals surface area contributed by atoms with Gasteiger partial charge in [-0.2, -0.15) is 0 Å². The third kappa shape index (κ3) is 4.17. The van der Waals surface area contributed by atoms with Crippen molar-refractivity contribution < 1.29 is 17.6 Å². The van der Waals surface area contributed by atoms with Crippen molar-refractivity contribution in [3.05, 3.63) is 59.1 Å². The van der Waals surface area contributed by atoms with E-state index in [0.29, 0.717) is 10.6 Å². The quantitative estimate of drug-likeness (QED) is 0.692. The first kappa shape index (κ1) is 19.1. The summed E-state index contributed by atoms with van der Waals surface area (Å²) >= 11 is 5.93. The lowest BCUT2D eigenvalue weighted by molar-refractivity contribution is 0.102. The predicted molar refractivity (Wildman–Crippen MR) is 101 cm³/mol. The van der Waals surface area contributed by atoms with E-state index < -0.39 is 21.0 Å². The number of benzene rings is 2. The number of aromatic nitrogens is 2. The van der Waals surface area contributed by atoms with Gasteiger partial charge in [-0.15, -0.1) is 5.10 Å². The van der Waals surface area contributed by atoms with Crippen molar-refractivity contribution in [3.8, 4) is 11.5 Å². The molecule has 1 amide bonds. The molecule has 1 heterocycles. The Bertz CT molecular complexity index is 1090. The molecule has 27 heavy (non-hydrogen) atoms. The molecule has 3 rings (SSSR count). The summed E-state index contributed by atoms with van der Waals surface area (Å²) in [5, 5.41) is 10.0. The Balaban J connectivity index is 1.81. The van der Waals surface area contributed by atoms with Gasteiger partial charge in [-0.1, -0.05) is 28.8 Å². The zero-order valence-corrected chi connectivity index (χ0v) is 16.1. The highest BCUT2D eigenvalue weighted by Gasteiger charge is 2.21. The van der Waals surface area contributed by atoms with Crippen LogP contribution in [0.1, 0.15) is 24.2 Å². The summed E-state index contributed by atoms with van der Waals surface area (Å²) in [5.41, 5.74) is 0.778. The van der Waals surface area contributed by atoms with E-state index in [1.807, 2.05) is 0 Å². The van der Waals surface area contributed by atoms with Crippen LogP contribution in [0.15, 0.2) is 57.8 Å². The molecule has 9 heteroatoms. The number of carbonyl (C=O) groups is 1. The minimum absolute atomic E-state index is 0.0790. The number of nitrogens with one attached hydrogen (secondary N) is 1. The smallest absolute Gasteiger partial charge is 0.322 e. The van der Waals surface area contributed by atoms with Crippen LogP contribution in [-0.4, -0.2) is 29.8 Å². The minimum atomic E-state index is -3.49. The van der Waals surface area contributed by atoms with E-state index in [1.165, 1.54) is 24.3 Å². The van der Waals surface area contributed by atoms with Crippen molar-refractivity contribution in [2.75, 3.05) is 5.32 Å². The number of hydrogen-bond acceptors (Lipinski definition) is 6. The maximum absolute atomic E-state index is 12.4. The molecule has 1 aromatic heterocycles. The third-order valence-electron chi connectivity index (χ3n) is 3.76. The molecule has 0 saturated carbocycles. The fraction of sp³-hybridized carbons (Fsp3) is 0.167. The summed E-state index contributed by atoms with van der Waals surface area (Å²) in [7, 11) is -3.49. The highest BCUT2D eigenvalue weighted by Crippen LogP contribution is 2.23. The number of anilines is 1. The van der Waals surface area contributed by atoms with E-state index in [2.05, 4.69) is 15.5 Å². The standard InChI is InChI=1S/C18H16ClN3O4S/c1-11(2)27(24,25)15-8-4-5-12(10-15)16(23)20-18-22-21-17(26-18)13-6-3-7-14(19)9-13/h3-11H,1-2H3,(H,20,22,23). The molecule has 7 nitrogen and oxygen atoms in total. The molecule has 0 fully saturated rings. The number of carbonyl (C=O) groups excluding carboxylic acids is 1. The van der Waals surface area contributed by atoms with Crippen LogP contribution in [0.4, 0.5) is 6.01 Å². The summed E-state index contributed by atoms with van der Waals surface area (Å²) in [6, 6.07) is 12.5. The molecule has 0 saturated heterocycles. The first-order valence-corrected chi connectivity index (χ1v) is 9.94. The van der Waals surface area contributed by atoms with Crippen LogP contribution in [0.5, 0.6) is 0 Å². The molecule has 0 radical (unpaired) electrons. The van der Waals surface area contributed by atoms with E-state index in [1.54, 1.807) is 38.1 Å². The topological polar surface area (TPSA) is 102 Å². The molecule has 0 atom stereocenters. The van der Waals surface area contributed by atoms with E-state index in [4.69, 9.17) is 16.0 Å². The summed E-state index contributed by atoms with van der Waals surface area (Å²) in [5.74, 6) is -0.360. The van der Waals surface area contributed by atoms with Crippen LogP contribution in [0, 0.1) is 0 Å². The first-order valence-electron chi connectivity index (χ1n) is 8.02. The summed E-state index contributed by atoms with van der Waals surface area (Å²) in [6.07, 6.45) is 0. The molecule has 2 aromatic carbocycles. The number of nitrogens with zero attached hydrogens (tertiary/aromatic N) is 2. The van der Waals surface area contributed by atoms with Crippen molar-refractivity contribution in [3.63, 3.8) is 0 Å². The second kappa shape index (κ2) is 7.50. The predicted octanol–water partition coefficient (Wildman–Crippen LogP) is 3.82. The van der Waals surface area contributed by atoms with Crippen molar-refractivity contribution >= 4 is 33.4 Å². The van der Waals surface area contributed by atoms with Crippen LogP contribution in [0.3, 0.4) is 0 Å². The van der Waals surface area contributed by atoms with Gasteiger partial charge in [0.1, 0.15) is 0 Å². The van der Waals surface area contributed by atoms with Gasteiger partial charge in [0.05, 0.1) is 10.1 Å². The molecule has 1 N–H and O–H groups in total. The Morgan fingerprint density at radius 3 is 2.56 bits per heavy atom. The lowest BCUT2D eigenvalue weighted by Gasteiger charge is -2.09. The molecule has 0 aliphatic heterocycles. The van der Waals surface area contributed by atoms with Gasteiger partial charge < -0.3 is 4.42 Å². The SMILES string of the molecule is CC(C)S(=O)(=O)c1cccc(C(=O)Nc2nnc(-c3cccc(Cl)c3)o2)c1. The molecule has 140 valence electrons. The Labute approximate surface area is 161 Å². The Hall–Kier alpha value is -2.71. The van der Waals surface area contributed by atoms with Crippen LogP contribution < -0.4 is 5.32 Å². The number of rotatable bonds is 5. The van der Waals surface area contributed by atoms with Gasteiger partial charge in [-0.05, 0) is 50.2 Å². The second-order valence-electron chi connectivity index (χ2n) is 6.00. The lowest BCUT2D eigenvalue weighted by atomic mass is 10.2. The largest absolute Gasteiger partial charge is 0.403 e. The maximum atomic E-state index is 12.4. The highest BCUT2D eigenvalue weighted by atomic mass is 35.5. The molecule has 0 unspecified atom stereocenters. The number of amides is 1. The van der Waals surface area contributed by atoms with Crippen LogP contribution in [-0.2, 0) is 9.84 Å². The Morgan fingerprint density at radius 2 is 1.85 bits per heavy atom. The van der Waals surface area contributed by atoms with E-state index in [0.717, 1.165) is 0 Å². The highest BCUT2D eigenvalue weighted by molar-refractivity contribution is 7.92. The molecular formula is C18H16ClN3O4S. The van der Waals surface area contributed by atoms with Crippen LogP contribution >= 0.6 is 11.6 Å². The van der Waals surface area contributed by atoms with E-state index >= 15 is 0 Å². The molecule has 0 aliphatic carbocycles. The van der Waals surface area contributed by atoms with Gasteiger partial charge >= 0.3 is 6.01 Å². The normalized spacial score (nSPS) is 11.6. The van der Waals surface area contributed by atoms with Gasteiger partial charge in [0.25, 0.3) is 5.91 Å². The maximum Gasteiger partial charge on any atom is 0.322 e. The van der Waals surface area contributed by atoms with Gasteiger partial charge in [0.15, 0.2) is 9.84 Å². The van der Waals surface area contributed by atoms with Crippen LogP contribution in [0.2, 0.25) is 5.02 Å². The molecule has 3 aromatic rings. The summed E-state index contributed by atoms with van der Waals surface area (Å²) in [4.78, 5) is 12.5. The molecular weight excluding hydrogens is 390 g/mol. The number of halogens is 1. The molecule has 0 aliphatic rings. The van der Waals surface area contributed by atoms with Crippen molar-refractivity contribution in [2.24, 2.45) is 0 Å². The van der Waals surface area contributed by atoms with E-state index in [9.17, 15) is 13.2 Å². The Morgan fingerprint density at radius 1 is 1.11 bits per heavy atom. The monoisotopic (exact) mass is 405 g/mol. The van der Waals surface area contributed by atoms with Crippen molar-refractivity contribution in [1.82, 2.24) is 10.2 Å². The second-order valence-corrected chi connectivity index (χ2v) is 8.94.